The van der Waals surface area contributed by atoms with Crippen molar-refractivity contribution in [3.05, 3.63) is 42.6 Å². The smallest absolute Gasteiger partial charge is 0.405 e. The number of allylic oxidation sites excluding steroid dienone is 1. The predicted octanol–water partition coefficient (Wildman–Crippen LogP) is 2.74. The van der Waals surface area contributed by atoms with E-state index in [9.17, 15) is 32.7 Å². The zero-order chi connectivity index (χ0) is 37.4. The van der Waals surface area contributed by atoms with Crippen LogP contribution in [0.15, 0.2) is 42.6 Å². The number of hydrogen-bond acceptors (Lipinski definition) is 10. The van der Waals surface area contributed by atoms with Crippen LogP contribution in [0, 0.1) is 17.8 Å². The van der Waals surface area contributed by atoms with E-state index in [1.165, 1.54) is 12.0 Å². The molecule has 3 heterocycles. The van der Waals surface area contributed by atoms with Crippen LogP contribution < -0.4 is 24.8 Å². The molecule has 1 aromatic carbocycles. The normalized spacial score (nSPS) is 30.8. The number of nitrogens with one attached hydrogen (secondary N) is 3. The number of methoxy groups -OCH3 is 2. The third kappa shape index (κ3) is 7.54. The van der Waals surface area contributed by atoms with Crippen molar-refractivity contribution in [3.63, 3.8) is 0 Å². The van der Waals surface area contributed by atoms with Gasteiger partial charge in [-0.15, -0.1) is 0 Å². The van der Waals surface area contributed by atoms with Gasteiger partial charge < -0.3 is 34.9 Å². The van der Waals surface area contributed by atoms with Crippen LogP contribution in [0.4, 0.5) is 4.79 Å². The number of pyridine rings is 1. The zero-order valence-corrected chi connectivity index (χ0v) is 30.6. The molecule has 2 aromatic rings. The van der Waals surface area contributed by atoms with Crippen LogP contribution in [0.3, 0.4) is 0 Å². The highest BCUT2D eigenvalue weighted by Gasteiger charge is 2.63. The maximum atomic E-state index is 14.5. The van der Waals surface area contributed by atoms with Crippen molar-refractivity contribution in [3.8, 4) is 11.6 Å². The van der Waals surface area contributed by atoms with E-state index in [-0.39, 0.29) is 37.8 Å². The van der Waals surface area contributed by atoms with Crippen molar-refractivity contribution in [2.75, 3.05) is 27.4 Å². The summed E-state index contributed by atoms with van der Waals surface area (Å²) < 4.78 is 44.6. The molecular weight excluding hydrogens is 694 g/mol. The van der Waals surface area contributed by atoms with Crippen LogP contribution in [0.25, 0.3) is 10.8 Å². The van der Waals surface area contributed by atoms with E-state index in [1.54, 1.807) is 38.4 Å². The molecule has 0 unspecified atom stereocenters. The van der Waals surface area contributed by atoms with E-state index < -0.39 is 74.1 Å². The topological polar surface area (TPSA) is 203 Å². The molecule has 4 aliphatic rings. The Labute approximate surface area is 302 Å². The predicted molar refractivity (Wildman–Crippen MR) is 189 cm³/mol. The van der Waals surface area contributed by atoms with Crippen molar-refractivity contribution >= 4 is 44.6 Å². The summed E-state index contributed by atoms with van der Waals surface area (Å²) in [6.07, 6.45) is 5.95. The molecule has 52 heavy (non-hydrogen) atoms. The number of fused-ring (bicyclic) bond motifs is 3. The summed E-state index contributed by atoms with van der Waals surface area (Å²) in [5.41, 5.74) is -1.56. The minimum absolute atomic E-state index is 0.00842. The van der Waals surface area contributed by atoms with Crippen LogP contribution in [-0.2, 0) is 29.1 Å². The first-order valence-corrected chi connectivity index (χ1v) is 19.1. The fourth-order valence-electron chi connectivity index (χ4n) is 7.43. The summed E-state index contributed by atoms with van der Waals surface area (Å²) >= 11 is 0. The van der Waals surface area contributed by atoms with E-state index >= 15 is 0 Å². The Morgan fingerprint density at radius 1 is 1.15 bits per heavy atom. The molecule has 0 radical (unpaired) electrons. The van der Waals surface area contributed by atoms with E-state index in [0.717, 1.165) is 5.39 Å². The lowest BCUT2D eigenvalue weighted by Gasteiger charge is -2.33. The standard InChI is InChI=1S/C36H47N5O10S/c1-21-7-5-6-8-24-18-36(24,33(44)40-52(47,48)35(2)12-13-35)39-30(42)28-17-26(51-31-27-10-9-25(50-4)16-22(27)11-14-37-31)19-41(28)32(43)29(38-34(45)46)23(15-21)20-49-3/h6,8-11,14,16,21,23-24,26,28-29,38H,5,7,12-13,15,17-20H2,1-4H3,(H,39,42)(H,40,44)(H,45,46)/b8-6-/t21-,23-,24+,26+,28-,29-,36+/m0/s1. The SMILES string of the molecule is COC[C@@H]1C[C@@H](C)CC/C=C\[C@@H]2C[C@@]2(C(=O)NS(=O)(=O)C2(C)CC2)NC(=O)[C@@H]2C[C@@H](Oc3nccc4cc(OC)ccc34)CN2C(=O)[C@H]1NC(=O)O. The Bertz CT molecular complexity index is 1870. The number of benzene rings is 1. The molecule has 6 rings (SSSR count). The number of amides is 4. The number of carboxylic acid groups (broad SMARTS) is 1. The van der Waals surface area contributed by atoms with Crippen LogP contribution in [-0.4, -0.2) is 103 Å². The second kappa shape index (κ2) is 14.5. The maximum absolute atomic E-state index is 14.5. The first-order valence-electron chi connectivity index (χ1n) is 17.6. The second-order valence-electron chi connectivity index (χ2n) is 14.8. The highest BCUT2D eigenvalue weighted by molar-refractivity contribution is 7.91. The molecule has 2 aliphatic carbocycles. The van der Waals surface area contributed by atoms with E-state index in [1.807, 2.05) is 25.1 Å². The number of nitrogens with zero attached hydrogens (tertiary/aromatic N) is 2. The molecule has 2 saturated carbocycles. The summed E-state index contributed by atoms with van der Waals surface area (Å²) in [6.45, 7) is 3.58. The molecule has 4 amide bonds. The largest absolute Gasteiger partial charge is 0.497 e. The van der Waals surface area contributed by atoms with E-state index in [0.29, 0.717) is 43.2 Å². The van der Waals surface area contributed by atoms with Gasteiger partial charge in [-0.1, -0.05) is 19.1 Å². The average molecular weight is 742 g/mol. The van der Waals surface area contributed by atoms with Gasteiger partial charge in [0.1, 0.15) is 29.5 Å². The number of aromatic nitrogens is 1. The number of rotatable bonds is 9. The van der Waals surface area contributed by atoms with Gasteiger partial charge >= 0.3 is 6.09 Å². The fourth-order valence-corrected chi connectivity index (χ4v) is 8.74. The van der Waals surface area contributed by atoms with Crippen molar-refractivity contribution in [2.24, 2.45) is 17.8 Å². The molecule has 2 aliphatic heterocycles. The van der Waals surface area contributed by atoms with Crippen LogP contribution >= 0.6 is 0 Å². The van der Waals surface area contributed by atoms with Gasteiger partial charge in [-0.2, -0.15) is 0 Å². The molecule has 15 nitrogen and oxygen atoms in total. The third-order valence-electron chi connectivity index (χ3n) is 11.0. The van der Waals surface area contributed by atoms with Crippen molar-refractivity contribution in [2.45, 2.75) is 87.3 Å². The number of sulfonamides is 1. The van der Waals surface area contributed by atoms with Crippen molar-refractivity contribution in [1.29, 1.82) is 0 Å². The molecule has 1 saturated heterocycles. The van der Waals surface area contributed by atoms with Crippen LogP contribution in [0.5, 0.6) is 11.6 Å². The maximum Gasteiger partial charge on any atom is 0.405 e. The summed E-state index contributed by atoms with van der Waals surface area (Å²) in [5.74, 6) is -2.22. The Kier molecular flexibility index (Phi) is 10.4. The minimum atomic E-state index is -4.01. The number of carbonyl (C=O) groups excluding carboxylic acids is 3. The van der Waals surface area contributed by atoms with Crippen LogP contribution in [0.1, 0.15) is 58.8 Å². The van der Waals surface area contributed by atoms with Crippen molar-refractivity contribution < 1.29 is 46.9 Å². The lowest BCUT2D eigenvalue weighted by Crippen LogP contribution is -2.59. The first-order chi connectivity index (χ1) is 24.7. The summed E-state index contributed by atoms with van der Waals surface area (Å²) in [7, 11) is -0.968. The molecule has 7 atom stereocenters. The highest BCUT2D eigenvalue weighted by Crippen LogP contribution is 2.47. The van der Waals surface area contributed by atoms with E-state index in [4.69, 9.17) is 14.2 Å². The van der Waals surface area contributed by atoms with Crippen molar-refractivity contribution in [1.82, 2.24) is 25.2 Å². The number of hydrogen-bond donors (Lipinski definition) is 4. The molecule has 3 fully saturated rings. The van der Waals surface area contributed by atoms with Crippen LogP contribution in [0.2, 0.25) is 0 Å². The average Bonchev–Trinajstić information content (AvgIpc) is 3.98. The van der Waals surface area contributed by atoms with Gasteiger partial charge in [-0.3, -0.25) is 19.1 Å². The molecule has 282 valence electrons. The summed E-state index contributed by atoms with van der Waals surface area (Å²) in [6, 6.07) is 4.74. The Morgan fingerprint density at radius 3 is 2.62 bits per heavy atom. The zero-order valence-electron chi connectivity index (χ0n) is 29.8. The quantitative estimate of drug-likeness (QED) is 0.275. The van der Waals surface area contributed by atoms with Gasteiger partial charge in [-0.25, -0.2) is 18.2 Å². The Hall–Kier alpha value is -4.44. The molecule has 16 heteroatoms. The lowest BCUT2D eigenvalue weighted by molar-refractivity contribution is -0.142. The summed E-state index contributed by atoms with van der Waals surface area (Å²) in [4.78, 5) is 60.5. The Morgan fingerprint density at radius 2 is 1.92 bits per heavy atom. The number of ether oxygens (including phenoxy) is 3. The van der Waals surface area contributed by atoms with Gasteiger partial charge in [-0.05, 0) is 81.0 Å². The van der Waals surface area contributed by atoms with Gasteiger partial charge in [0.05, 0.1) is 25.0 Å². The lowest BCUT2D eigenvalue weighted by atomic mass is 9.87. The molecule has 4 N–H and O–H groups in total. The molecule has 0 spiro atoms. The van der Waals surface area contributed by atoms with E-state index in [2.05, 4.69) is 20.3 Å². The van der Waals surface area contributed by atoms with Gasteiger partial charge in [0.25, 0.3) is 5.91 Å². The monoisotopic (exact) mass is 741 g/mol. The van der Waals surface area contributed by atoms with Gasteiger partial charge in [0.2, 0.25) is 27.7 Å². The minimum Gasteiger partial charge on any atom is -0.497 e. The molecular formula is C36H47N5O10S. The third-order valence-corrected chi connectivity index (χ3v) is 13.1. The highest BCUT2D eigenvalue weighted by atomic mass is 32.2. The second-order valence-corrected chi connectivity index (χ2v) is 17.0. The Balaban J connectivity index is 1.35. The number of carbonyl (C=O) groups is 4. The summed E-state index contributed by atoms with van der Waals surface area (Å²) in [5, 5.41) is 16.6. The molecule has 0 bridgehead atoms. The van der Waals surface area contributed by atoms with Gasteiger partial charge in [0.15, 0.2) is 0 Å². The fraction of sp³-hybridized carbons (Fsp3) is 0.583. The van der Waals surface area contributed by atoms with Gasteiger partial charge in [0, 0.05) is 36.9 Å². The first kappa shape index (κ1) is 37.3. The molecule has 1 aromatic heterocycles.